The maximum atomic E-state index is 11.1. The molecule has 4 heteroatoms. The Balaban J connectivity index is 1.87. The van der Waals surface area contributed by atoms with E-state index in [1.54, 1.807) is 0 Å². The molecule has 1 fully saturated rings. The van der Waals surface area contributed by atoms with Crippen molar-refractivity contribution in [3.05, 3.63) is 24.3 Å². The molecule has 0 spiro atoms. The van der Waals surface area contributed by atoms with E-state index in [0.717, 1.165) is 43.7 Å². The van der Waals surface area contributed by atoms with E-state index in [4.69, 9.17) is 9.84 Å². The van der Waals surface area contributed by atoms with Crippen LogP contribution < -0.4 is 10.1 Å². The van der Waals surface area contributed by atoms with Crippen LogP contribution in [-0.2, 0) is 4.79 Å². The SMILES string of the molecule is CCCOc1ccc(NC2CCCC(C(=O)O)C2)cc1. The zero-order chi connectivity index (χ0) is 14.4. The van der Waals surface area contributed by atoms with Gasteiger partial charge < -0.3 is 15.2 Å². The molecule has 2 rings (SSSR count). The Labute approximate surface area is 120 Å². The number of ether oxygens (including phenoxy) is 1. The molecular formula is C16H23NO3. The highest BCUT2D eigenvalue weighted by Crippen LogP contribution is 2.27. The zero-order valence-electron chi connectivity index (χ0n) is 12.0. The summed E-state index contributed by atoms with van der Waals surface area (Å²) in [6, 6.07) is 8.16. The Morgan fingerprint density at radius 1 is 1.35 bits per heavy atom. The summed E-state index contributed by atoms with van der Waals surface area (Å²) in [6.45, 7) is 2.81. The molecule has 20 heavy (non-hydrogen) atoms. The van der Waals surface area contributed by atoms with Crippen molar-refractivity contribution >= 4 is 11.7 Å². The minimum absolute atomic E-state index is 0.201. The van der Waals surface area contributed by atoms with Crippen molar-refractivity contribution in [1.82, 2.24) is 0 Å². The summed E-state index contributed by atoms with van der Waals surface area (Å²) in [5.41, 5.74) is 1.03. The van der Waals surface area contributed by atoms with Crippen LogP contribution in [0.1, 0.15) is 39.0 Å². The number of hydrogen-bond acceptors (Lipinski definition) is 3. The first-order valence-electron chi connectivity index (χ1n) is 7.41. The highest BCUT2D eigenvalue weighted by molar-refractivity contribution is 5.70. The van der Waals surface area contributed by atoms with Gasteiger partial charge in [0.15, 0.2) is 0 Å². The van der Waals surface area contributed by atoms with Gasteiger partial charge in [-0.05, 0) is 49.9 Å². The van der Waals surface area contributed by atoms with Crippen LogP contribution in [0, 0.1) is 5.92 Å². The number of carboxylic acids is 1. The fourth-order valence-electron chi connectivity index (χ4n) is 2.65. The first kappa shape index (κ1) is 14.7. The van der Waals surface area contributed by atoms with E-state index in [-0.39, 0.29) is 12.0 Å². The fraction of sp³-hybridized carbons (Fsp3) is 0.562. The number of nitrogens with one attached hydrogen (secondary N) is 1. The van der Waals surface area contributed by atoms with E-state index in [9.17, 15) is 4.79 Å². The van der Waals surface area contributed by atoms with Crippen LogP contribution in [0.3, 0.4) is 0 Å². The summed E-state index contributed by atoms with van der Waals surface area (Å²) in [5, 5.41) is 12.5. The summed E-state index contributed by atoms with van der Waals surface area (Å²) in [5.74, 6) is 0.0117. The topological polar surface area (TPSA) is 58.6 Å². The van der Waals surface area contributed by atoms with E-state index in [2.05, 4.69) is 12.2 Å². The minimum atomic E-state index is -0.667. The second-order valence-corrected chi connectivity index (χ2v) is 5.42. The highest BCUT2D eigenvalue weighted by atomic mass is 16.5. The van der Waals surface area contributed by atoms with Crippen molar-refractivity contribution < 1.29 is 14.6 Å². The number of carbonyl (C=O) groups is 1. The Morgan fingerprint density at radius 2 is 2.10 bits per heavy atom. The lowest BCUT2D eigenvalue weighted by Gasteiger charge is -2.28. The fourth-order valence-corrected chi connectivity index (χ4v) is 2.65. The number of rotatable bonds is 6. The second-order valence-electron chi connectivity index (χ2n) is 5.42. The Morgan fingerprint density at radius 3 is 2.75 bits per heavy atom. The van der Waals surface area contributed by atoms with Gasteiger partial charge in [-0.25, -0.2) is 0 Å². The van der Waals surface area contributed by atoms with Gasteiger partial charge >= 0.3 is 5.97 Å². The van der Waals surface area contributed by atoms with Gasteiger partial charge in [-0.1, -0.05) is 13.3 Å². The summed E-state index contributed by atoms with van der Waals surface area (Å²) in [4.78, 5) is 11.1. The molecule has 0 amide bonds. The average molecular weight is 277 g/mol. The number of aliphatic carboxylic acids is 1. The van der Waals surface area contributed by atoms with Crippen LogP contribution in [0.5, 0.6) is 5.75 Å². The van der Waals surface area contributed by atoms with Gasteiger partial charge in [0.25, 0.3) is 0 Å². The largest absolute Gasteiger partial charge is 0.494 e. The first-order valence-corrected chi connectivity index (χ1v) is 7.41. The van der Waals surface area contributed by atoms with E-state index in [1.807, 2.05) is 24.3 Å². The maximum Gasteiger partial charge on any atom is 0.306 e. The van der Waals surface area contributed by atoms with E-state index in [1.165, 1.54) is 0 Å². The lowest BCUT2D eigenvalue weighted by atomic mass is 9.85. The van der Waals surface area contributed by atoms with Crippen LogP contribution in [0.15, 0.2) is 24.3 Å². The summed E-state index contributed by atoms with van der Waals surface area (Å²) in [7, 11) is 0. The van der Waals surface area contributed by atoms with Crippen LogP contribution in [0.2, 0.25) is 0 Å². The third-order valence-electron chi connectivity index (χ3n) is 3.72. The zero-order valence-corrected chi connectivity index (χ0v) is 12.0. The molecule has 1 aliphatic rings. The minimum Gasteiger partial charge on any atom is -0.494 e. The van der Waals surface area contributed by atoms with E-state index >= 15 is 0 Å². The van der Waals surface area contributed by atoms with Crippen LogP contribution in [-0.4, -0.2) is 23.7 Å². The standard InChI is InChI=1S/C16H23NO3/c1-2-10-20-15-8-6-13(7-9-15)17-14-5-3-4-12(11-14)16(18)19/h6-9,12,14,17H,2-5,10-11H2,1H3,(H,18,19). The molecule has 2 N–H and O–H groups in total. The molecule has 1 aliphatic carbocycles. The summed E-state index contributed by atoms with van der Waals surface area (Å²) < 4.78 is 5.54. The number of hydrogen-bond donors (Lipinski definition) is 2. The van der Waals surface area contributed by atoms with Crippen molar-refractivity contribution in [2.24, 2.45) is 5.92 Å². The molecule has 1 aromatic carbocycles. The predicted molar refractivity (Wildman–Crippen MR) is 79.2 cm³/mol. The van der Waals surface area contributed by atoms with Gasteiger partial charge in [0.2, 0.25) is 0 Å². The number of benzene rings is 1. The van der Waals surface area contributed by atoms with E-state index in [0.29, 0.717) is 6.42 Å². The van der Waals surface area contributed by atoms with Crippen LogP contribution in [0.4, 0.5) is 5.69 Å². The van der Waals surface area contributed by atoms with Crippen molar-refractivity contribution in [3.8, 4) is 5.75 Å². The van der Waals surface area contributed by atoms with Crippen molar-refractivity contribution in [1.29, 1.82) is 0 Å². The lowest BCUT2D eigenvalue weighted by Crippen LogP contribution is -2.30. The summed E-state index contributed by atoms with van der Waals surface area (Å²) in [6.07, 6.45) is 4.53. The maximum absolute atomic E-state index is 11.1. The molecule has 2 atom stereocenters. The van der Waals surface area contributed by atoms with Gasteiger partial charge in [0.1, 0.15) is 5.75 Å². The predicted octanol–water partition coefficient (Wildman–Crippen LogP) is 3.53. The molecule has 1 saturated carbocycles. The molecule has 0 bridgehead atoms. The molecule has 0 radical (unpaired) electrons. The third kappa shape index (κ3) is 4.15. The van der Waals surface area contributed by atoms with E-state index < -0.39 is 5.97 Å². The second kappa shape index (κ2) is 7.17. The Hall–Kier alpha value is -1.71. The number of anilines is 1. The monoisotopic (exact) mass is 277 g/mol. The van der Waals surface area contributed by atoms with Gasteiger partial charge in [-0.2, -0.15) is 0 Å². The number of carboxylic acid groups (broad SMARTS) is 1. The molecule has 0 aliphatic heterocycles. The van der Waals surface area contributed by atoms with Crippen LogP contribution >= 0.6 is 0 Å². The quantitative estimate of drug-likeness (QED) is 0.835. The van der Waals surface area contributed by atoms with Crippen LogP contribution in [0.25, 0.3) is 0 Å². The molecule has 0 aromatic heterocycles. The lowest BCUT2D eigenvalue weighted by molar-refractivity contribution is -0.142. The molecule has 4 nitrogen and oxygen atoms in total. The average Bonchev–Trinajstić information content (AvgIpc) is 2.47. The van der Waals surface area contributed by atoms with Crippen molar-refractivity contribution in [2.75, 3.05) is 11.9 Å². The molecular weight excluding hydrogens is 254 g/mol. The molecule has 0 heterocycles. The Kier molecular flexibility index (Phi) is 5.27. The summed E-state index contributed by atoms with van der Waals surface area (Å²) >= 11 is 0. The third-order valence-corrected chi connectivity index (χ3v) is 3.72. The first-order chi connectivity index (χ1) is 9.69. The molecule has 0 saturated heterocycles. The Bertz CT molecular complexity index is 430. The molecule has 2 unspecified atom stereocenters. The van der Waals surface area contributed by atoms with Gasteiger partial charge in [-0.15, -0.1) is 0 Å². The van der Waals surface area contributed by atoms with Crippen molar-refractivity contribution in [3.63, 3.8) is 0 Å². The van der Waals surface area contributed by atoms with Crippen molar-refractivity contribution in [2.45, 2.75) is 45.1 Å². The molecule has 1 aromatic rings. The smallest absolute Gasteiger partial charge is 0.306 e. The van der Waals surface area contributed by atoms with Gasteiger partial charge in [0, 0.05) is 11.7 Å². The van der Waals surface area contributed by atoms with Gasteiger partial charge in [0.05, 0.1) is 12.5 Å². The normalized spacial score (nSPS) is 22.2. The molecule has 110 valence electrons. The highest BCUT2D eigenvalue weighted by Gasteiger charge is 2.26. The van der Waals surface area contributed by atoms with Gasteiger partial charge in [-0.3, -0.25) is 4.79 Å².